The molecule has 0 amide bonds. The predicted molar refractivity (Wildman–Crippen MR) is 73.0 cm³/mol. The van der Waals surface area contributed by atoms with Crippen LogP contribution >= 0.6 is 0 Å². The Balaban J connectivity index is 1.96. The highest BCUT2D eigenvalue weighted by molar-refractivity contribution is 5.80. The van der Waals surface area contributed by atoms with Crippen molar-refractivity contribution < 1.29 is 14.3 Å². The van der Waals surface area contributed by atoms with Gasteiger partial charge in [-0.1, -0.05) is 0 Å². The van der Waals surface area contributed by atoms with Crippen molar-refractivity contribution in [1.29, 1.82) is 0 Å². The number of rotatable bonds is 5. The van der Waals surface area contributed by atoms with E-state index in [0.717, 1.165) is 19.5 Å². The summed E-state index contributed by atoms with van der Waals surface area (Å²) in [6.45, 7) is 6.06. The quantitative estimate of drug-likeness (QED) is 0.748. The first-order valence-corrected chi connectivity index (χ1v) is 7.15. The zero-order valence-corrected chi connectivity index (χ0v) is 12.4. The largest absolute Gasteiger partial charge is 0.468 e. The van der Waals surface area contributed by atoms with Gasteiger partial charge in [0, 0.05) is 19.1 Å². The van der Waals surface area contributed by atoms with Crippen molar-refractivity contribution in [2.24, 2.45) is 0 Å². The summed E-state index contributed by atoms with van der Waals surface area (Å²) in [6, 6.07) is 0.337. The summed E-state index contributed by atoms with van der Waals surface area (Å²) in [5.41, 5.74) is -0.620. The van der Waals surface area contributed by atoms with Gasteiger partial charge in [0.15, 0.2) is 0 Å². The van der Waals surface area contributed by atoms with E-state index in [1.165, 1.54) is 20.0 Å². The predicted octanol–water partition coefficient (Wildman–Crippen LogP) is 0.779. The smallest absolute Gasteiger partial charge is 0.325 e. The van der Waals surface area contributed by atoms with Gasteiger partial charge in [-0.3, -0.25) is 9.69 Å². The number of fused-ring (bicyclic) bond motifs is 2. The van der Waals surface area contributed by atoms with Gasteiger partial charge in [0.2, 0.25) is 0 Å². The molecule has 2 fully saturated rings. The molecule has 4 unspecified atom stereocenters. The second kappa shape index (κ2) is 5.77. The van der Waals surface area contributed by atoms with Crippen LogP contribution in [0.15, 0.2) is 0 Å². The Morgan fingerprint density at radius 3 is 2.53 bits per heavy atom. The number of nitrogens with one attached hydrogen (secondary N) is 1. The number of nitrogens with zero attached hydrogens (tertiary/aromatic N) is 1. The van der Waals surface area contributed by atoms with Crippen LogP contribution in [0.25, 0.3) is 0 Å². The molecule has 0 radical (unpaired) electrons. The molecule has 0 saturated carbocycles. The topological polar surface area (TPSA) is 50.8 Å². The number of likely N-dealkylation sites (N-methyl/N-ethyl adjacent to an activating group) is 1. The highest BCUT2D eigenvalue weighted by atomic mass is 16.5. The molecular weight excluding hydrogens is 244 g/mol. The first-order valence-electron chi connectivity index (χ1n) is 7.15. The zero-order chi connectivity index (χ0) is 14.0. The van der Waals surface area contributed by atoms with E-state index in [0.29, 0.717) is 18.2 Å². The van der Waals surface area contributed by atoms with Gasteiger partial charge >= 0.3 is 5.97 Å². The molecule has 5 nitrogen and oxygen atoms in total. The minimum atomic E-state index is -0.620. The molecule has 19 heavy (non-hydrogen) atoms. The summed E-state index contributed by atoms with van der Waals surface area (Å²) in [7, 11) is 3.25. The van der Waals surface area contributed by atoms with Crippen LogP contribution in [0.4, 0.5) is 0 Å². The molecule has 2 saturated heterocycles. The number of ether oxygens (including phenoxy) is 2. The minimum absolute atomic E-state index is 0.196. The van der Waals surface area contributed by atoms with E-state index in [2.05, 4.69) is 17.1 Å². The molecule has 2 heterocycles. The van der Waals surface area contributed by atoms with Crippen molar-refractivity contribution in [3.63, 3.8) is 0 Å². The molecule has 2 aliphatic rings. The van der Waals surface area contributed by atoms with E-state index in [1.807, 2.05) is 14.0 Å². The second-order valence-corrected chi connectivity index (χ2v) is 6.04. The Hall–Kier alpha value is -0.650. The lowest BCUT2D eigenvalue weighted by Gasteiger charge is -2.39. The lowest BCUT2D eigenvalue weighted by molar-refractivity contribution is -0.149. The highest BCUT2D eigenvalue weighted by Gasteiger charge is 2.39. The summed E-state index contributed by atoms with van der Waals surface area (Å²) in [6.07, 6.45) is 3.87. The van der Waals surface area contributed by atoms with Crippen molar-refractivity contribution in [3.8, 4) is 0 Å². The fraction of sp³-hybridized carbons (Fsp3) is 0.929. The van der Waals surface area contributed by atoms with Crippen LogP contribution in [0.1, 0.15) is 33.1 Å². The van der Waals surface area contributed by atoms with Crippen molar-refractivity contribution in [1.82, 2.24) is 10.2 Å². The number of carbonyl (C=O) groups excluding carboxylic acids is 1. The Morgan fingerprint density at radius 2 is 2.05 bits per heavy atom. The van der Waals surface area contributed by atoms with Gasteiger partial charge in [-0.15, -0.1) is 0 Å². The van der Waals surface area contributed by atoms with Crippen LogP contribution in [0.3, 0.4) is 0 Å². The number of carbonyl (C=O) groups is 1. The van der Waals surface area contributed by atoms with Crippen molar-refractivity contribution in [2.75, 3.05) is 27.2 Å². The SMILES string of the molecule is CNC(C)(CC(C)N1CC2CCC(C1)O2)C(=O)OC. The molecule has 0 aromatic carbocycles. The van der Waals surface area contributed by atoms with Crippen molar-refractivity contribution in [2.45, 2.75) is 56.9 Å². The molecule has 110 valence electrons. The van der Waals surface area contributed by atoms with Gasteiger partial charge in [-0.2, -0.15) is 0 Å². The van der Waals surface area contributed by atoms with Gasteiger partial charge < -0.3 is 14.8 Å². The van der Waals surface area contributed by atoms with Gasteiger partial charge in [0.05, 0.1) is 19.3 Å². The summed E-state index contributed by atoms with van der Waals surface area (Å²) in [5, 5.41) is 3.10. The fourth-order valence-electron chi connectivity index (χ4n) is 3.24. The van der Waals surface area contributed by atoms with E-state index in [-0.39, 0.29) is 5.97 Å². The number of likely N-dealkylation sites (tertiary alicyclic amines) is 1. The maximum atomic E-state index is 11.9. The number of hydrogen-bond donors (Lipinski definition) is 1. The third kappa shape index (κ3) is 3.09. The van der Waals surface area contributed by atoms with Gasteiger partial charge in [-0.25, -0.2) is 0 Å². The minimum Gasteiger partial charge on any atom is -0.468 e. The molecule has 2 bridgehead atoms. The van der Waals surface area contributed by atoms with Gasteiger partial charge in [-0.05, 0) is 40.2 Å². The molecule has 5 heteroatoms. The lowest BCUT2D eigenvalue weighted by atomic mass is 9.92. The molecule has 0 aromatic rings. The Bertz CT molecular complexity index is 325. The molecule has 0 spiro atoms. The standard InChI is InChI=1S/C14H26N2O3/c1-10(7-14(2,15-3)13(17)18-4)16-8-11-5-6-12(9-16)19-11/h10-12,15H,5-9H2,1-4H3. The van der Waals surface area contributed by atoms with Gasteiger partial charge in [0.25, 0.3) is 0 Å². The normalized spacial score (nSPS) is 31.8. The number of esters is 1. The van der Waals surface area contributed by atoms with E-state index in [4.69, 9.17) is 9.47 Å². The Morgan fingerprint density at radius 1 is 1.47 bits per heavy atom. The summed E-state index contributed by atoms with van der Waals surface area (Å²) >= 11 is 0. The first kappa shape index (κ1) is 14.8. The Labute approximate surface area is 115 Å². The molecule has 0 aromatic heterocycles. The van der Waals surface area contributed by atoms with E-state index in [1.54, 1.807) is 0 Å². The van der Waals surface area contributed by atoms with Crippen LogP contribution in [0.5, 0.6) is 0 Å². The maximum Gasteiger partial charge on any atom is 0.325 e. The first-order chi connectivity index (χ1) is 8.98. The Kier molecular flexibility index (Phi) is 4.48. The summed E-state index contributed by atoms with van der Waals surface area (Å²) in [5.74, 6) is -0.196. The molecule has 2 rings (SSSR count). The lowest BCUT2D eigenvalue weighted by Crippen LogP contribution is -2.55. The highest BCUT2D eigenvalue weighted by Crippen LogP contribution is 2.29. The third-order valence-corrected chi connectivity index (χ3v) is 4.59. The number of methoxy groups -OCH3 is 1. The molecule has 2 aliphatic heterocycles. The molecule has 0 aliphatic carbocycles. The zero-order valence-electron chi connectivity index (χ0n) is 12.4. The number of hydrogen-bond acceptors (Lipinski definition) is 5. The van der Waals surface area contributed by atoms with Crippen molar-refractivity contribution in [3.05, 3.63) is 0 Å². The van der Waals surface area contributed by atoms with E-state index < -0.39 is 5.54 Å². The van der Waals surface area contributed by atoms with Crippen LogP contribution in [0.2, 0.25) is 0 Å². The molecule has 4 atom stereocenters. The van der Waals surface area contributed by atoms with Crippen LogP contribution in [0, 0.1) is 0 Å². The summed E-state index contributed by atoms with van der Waals surface area (Å²) in [4.78, 5) is 14.3. The second-order valence-electron chi connectivity index (χ2n) is 6.04. The van der Waals surface area contributed by atoms with Gasteiger partial charge in [0.1, 0.15) is 5.54 Å². The molecule has 1 N–H and O–H groups in total. The fourth-order valence-corrected chi connectivity index (χ4v) is 3.24. The van der Waals surface area contributed by atoms with Crippen LogP contribution in [-0.4, -0.2) is 61.9 Å². The number of morpholine rings is 1. The van der Waals surface area contributed by atoms with Crippen LogP contribution < -0.4 is 5.32 Å². The maximum absolute atomic E-state index is 11.9. The van der Waals surface area contributed by atoms with Crippen LogP contribution in [-0.2, 0) is 14.3 Å². The average molecular weight is 270 g/mol. The van der Waals surface area contributed by atoms with E-state index in [9.17, 15) is 4.79 Å². The molecular formula is C14H26N2O3. The van der Waals surface area contributed by atoms with Crippen molar-refractivity contribution >= 4 is 5.97 Å². The third-order valence-electron chi connectivity index (χ3n) is 4.59. The van der Waals surface area contributed by atoms with E-state index >= 15 is 0 Å². The average Bonchev–Trinajstić information content (AvgIpc) is 2.76. The summed E-state index contributed by atoms with van der Waals surface area (Å²) < 4.78 is 10.8. The monoisotopic (exact) mass is 270 g/mol.